The first-order valence-corrected chi connectivity index (χ1v) is 8.61. The molecule has 0 fully saturated rings. The molecule has 2 aromatic carbocycles. The highest BCUT2D eigenvalue weighted by molar-refractivity contribution is 7.91. The summed E-state index contributed by atoms with van der Waals surface area (Å²) in [6.07, 6.45) is 0. The van der Waals surface area contributed by atoms with E-state index in [1.165, 1.54) is 6.07 Å². The maximum atomic E-state index is 13.4. The van der Waals surface area contributed by atoms with Crippen molar-refractivity contribution in [2.24, 2.45) is 0 Å². The minimum Gasteiger partial charge on any atom is -0.457 e. The van der Waals surface area contributed by atoms with E-state index >= 15 is 0 Å². The minimum absolute atomic E-state index is 0.0334. The Morgan fingerprint density at radius 2 is 1.92 bits per heavy atom. The third-order valence-corrected chi connectivity index (χ3v) is 5.07. The average molecular weight is 393 g/mol. The lowest BCUT2D eigenvalue weighted by atomic mass is 10.1. The van der Waals surface area contributed by atoms with Crippen molar-refractivity contribution in [3.8, 4) is 11.5 Å². The molecule has 0 aliphatic carbocycles. The van der Waals surface area contributed by atoms with Crippen LogP contribution in [0.3, 0.4) is 0 Å². The van der Waals surface area contributed by atoms with Gasteiger partial charge in [0.2, 0.25) is 9.84 Å². The number of cyclic esters (lactones) is 1. The monoisotopic (exact) mass is 392 g/mol. The van der Waals surface area contributed by atoms with E-state index in [0.717, 1.165) is 24.3 Å². The Balaban J connectivity index is 2.11. The van der Waals surface area contributed by atoms with E-state index in [9.17, 15) is 26.4 Å². The van der Waals surface area contributed by atoms with E-state index in [2.05, 4.69) is 0 Å². The van der Waals surface area contributed by atoms with Crippen LogP contribution in [0.25, 0.3) is 0 Å². The highest BCUT2D eigenvalue weighted by Gasteiger charge is 2.36. The summed E-state index contributed by atoms with van der Waals surface area (Å²) in [7, 11) is -4.93. The molecule has 1 aliphatic heterocycles. The van der Waals surface area contributed by atoms with Crippen LogP contribution < -0.4 is 4.74 Å². The first-order valence-electron chi connectivity index (χ1n) is 6.69. The number of rotatable bonds is 4. The van der Waals surface area contributed by atoms with Crippen molar-refractivity contribution < 1.29 is 35.9 Å². The number of esters is 1. The number of fused-ring (bicyclic) bond motifs is 1. The molecular formula is C15H8ClF3O5S. The number of sulfone groups is 1. The van der Waals surface area contributed by atoms with Crippen LogP contribution in [0.15, 0.2) is 35.2 Å². The van der Waals surface area contributed by atoms with Gasteiger partial charge >= 0.3 is 11.7 Å². The molecule has 0 amide bonds. The summed E-state index contributed by atoms with van der Waals surface area (Å²) in [6.45, 7) is -0.490. The Morgan fingerprint density at radius 1 is 1.20 bits per heavy atom. The molecular weight excluding hydrogens is 385 g/mol. The van der Waals surface area contributed by atoms with E-state index in [4.69, 9.17) is 21.1 Å². The van der Waals surface area contributed by atoms with Gasteiger partial charge in [-0.05, 0) is 24.3 Å². The van der Waals surface area contributed by atoms with Crippen molar-refractivity contribution in [1.29, 1.82) is 0 Å². The van der Waals surface area contributed by atoms with Gasteiger partial charge in [0, 0.05) is 16.7 Å². The van der Waals surface area contributed by atoms with Crippen molar-refractivity contribution in [1.82, 2.24) is 0 Å². The molecule has 25 heavy (non-hydrogen) atoms. The molecule has 1 aliphatic rings. The Bertz CT molecular complexity index is 955. The molecule has 0 spiro atoms. The van der Waals surface area contributed by atoms with Crippen LogP contribution in [0.1, 0.15) is 15.9 Å². The van der Waals surface area contributed by atoms with Gasteiger partial charge in [-0.2, -0.15) is 8.78 Å². The number of hydrogen-bond donors (Lipinski definition) is 0. The van der Waals surface area contributed by atoms with Crippen LogP contribution in [0.5, 0.6) is 11.5 Å². The van der Waals surface area contributed by atoms with Gasteiger partial charge in [-0.15, -0.1) is 0 Å². The lowest BCUT2D eigenvalue weighted by molar-refractivity contribution is 0.0532. The first-order chi connectivity index (χ1) is 11.7. The molecule has 0 saturated carbocycles. The van der Waals surface area contributed by atoms with E-state index < -0.39 is 38.9 Å². The standard InChI is InChI=1S/C15H8ClF3O5S/c16-7-3-8(17)5-9(4-7)24-11-1-2-12(25(21,22)15(18)19)10-6-23-14(20)13(10)11/h1-5,15H,6H2. The molecule has 132 valence electrons. The van der Waals surface area contributed by atoms with E-state index in [1.807, 2.05) is 0 Å². The molecule has 5 nitrogen and oxygen atoms in total. The predicted octanol–water partition coefficient (Wildman–Crippen LogP) is 3.94. The number of benzene rings is 2. The smallest absolute Gasteiger partial charge is 0.342 e. The highest BCUT2D eigenvalue weighted by Crippen LogP contribution is 2.38. The second-order valence-corrected chi connectivity index (χ2v) is 7.33. The zero-order valence-corrected chi connectivity index (χ0v) is 13.7. The van der Waals surface area contributed by atoms with Gasteiger partial charge < -0.3 is 9.47 Å². The minimum atomic E-state index is -4.93. The fourth-order valence-corrected chi connectivity index (χ4v) is 3.51. The largest absolute Gasteiger partial charge is 0.457 e. The molecule has 0 aromatic heterocycles. The van der Waals surface area contributed by atoms with Gasteiger partial charge in [-0.3, -0.25) is 0 Å². The fourth-order valence-electron chi connectivity index (χ4n) is 2.35. The third-order valence-electron chi connectivity index (χ3n) is 3.39. The molecule has 0 unspecified atom stereocenters. The second kappa shape index (κ2) is 6.23. The van der Waals surface area contributed by atoms with Crippen LogP contribution in [0.4, 0.5) is 13.2 Å². The number of ether oxygens (including phenoxy) is 2. The lowest BCUT2D eigenvalue weighted by Gasteiger charge is -2.12. The van der Waals surface area contributed by atoms with E-state index in [1.54, 1.807) is 0 Å². The van der Waals surface area contributed by atoms with Crippen LogP contribution in [-0.2, 0) is 21.2 Å². The first kappa shape index (κ1) is 17.6. The summed E-state index contributed by atoms with van der Waals surface area (Å²) in [6, 6.07) is 5.20. The quantitative estimate of drug-likeness (QED) is 0.737. The topological polar surface area (TPSA) is 69.7 Å². The summed E-state index contributed by atoms with van der Waals surface area (Å²) >= 11 is 5.71. The van der Waals surface area contributed by atoms with Crippen LogP contribution in [0, 0.1) is 5.82 Å². The summed E-state index contributed by atoms with van der Waals surface area (Å²) in [4.78, 5) is 11.2. The van der Waals surface area contributed by atoms with Crippen molar-refractivity contribution in [2.45, 2.75) is 17.3 Å². The molecule has 3 rings (SSSR count). The third kappa shape index (κ3) is 3.16. The van der Waals surface area contributed by atoms with Gasteiger partial charge in [-0.1, -0.05) is 11.6 Å². The summed E-state index contributed by atoms with van der Waals surface area (Å²) in [5.41, 5.74) is -0.535. The Hall–Kier alpha value is -2.26. The van der Waals surface area contributed by atoms with E-state index in [-0.39, 0.29) is 27.6 Å². The average Bonchev–Trinajstić information content (AvgIpc) is 2.88. The van der Waals surface area contributed by atoms with Gasteiger partial charge in [0.05, 0.1) is 4.90 Å². The lowest BCUT2D eigenvalue weighted by Crippen LogP contribution is -2.14. The number of alkyl halides is 2. The van der Waals surface area contributed by atoms with Crippen LogP contribution in [-0.4, -0.2) is 20.1 Å². The molecule has 0 atom stereocenters. The molecule has 1 heterocycles. The molecule has 0 N–H and O–H groups in total. The Labute approximate surface area is 144 Å². The number of halogens is 4. The van der Waals surface area contributed by atoms with Crippen molar-refractivity contribution in [3.63, 3.8) is 0 Å². The zero-order valence-electron chi connectivity index (χ0n) is 12.1. The number of carbonyl (C=O) groups is 1. The molecule has 2 aromatic rings. The van der Waals surface area contributed by atoms with E-state index in [0.29, 0.717) is 0 Å². The van der Waals surface area contributed by atoms with Crippen molar-refractivity contribution >= 4 is 27.4 Å². The molecule has 10 heteroatoms. The normalized spacial score (nSPS) is 13.7. The molecule has 0 radical (unpaired) electrons. The van der Waals surface area contributed by atoms with Crippen molar-refractivity contribution in [3.05, 3.63) is 52.3 Å². The van der Waals surface area contributed by atoms with Gasteiger partial charge in [0.25, 0.3) is 0 Å². The zero-order chi connectivity index (χ0) is 18.4. The Kier molecular flexibility index (Phi) is 4.38. The number of hydrogen-bond acceptors (Lipinski definition) is 5. The van der Waals surface area contributed by atoms with Crippen LogP contribution >= 0.6 is 11.6 Å². The van der Waals surface area contributed by atoms with Crippen molar-refractivity contribution in [2.75, 3.05) is 0 Å². The van der Waals surface area contributed by atoms with Crippen LogP contribution in [0.2, 0.25) is 5.02 Å². The molecule has 0 saturated heterocycles. The van der Waals surface area contributed by atoms with Gasteiger partial charge in [0.15, 0.2) is 0 Å². The summed E-state index contributed by atoms with van der Waals surface area (Å²) < 4.78 is 72.5. The maximum absolute atomic E-state index is 13.4. The summed E-state index contributed by atoms with van der Waals surface area (Å²) in [5.74, 6) is -5.50. The SMILES string of the molecule is O=C1OCc2c(S(=O)(=O)C(F)F)ccc(Oc3cc(F)cc(Cl)c3)c21. The predicted molar refractivity (Wildman–Crippen MR) is 80.2 cm³/mol. The maximum Gasteiger partial charge on any atom is 0.342 e. The summed E-state index contributed by atoms with van der Waals surface area (Å²) in [5, 5.41) is 0.0334. The van der Waals surface area contributed by atoms with Gasteiger partial charge in [0.1, 0.15) is 29.5 Å². The fraction of sp³-hybridized carbons (Fsp3) is 0.133. The molecule has 0 bridgehead atoms. The second-order valence-electron chi connectivity index (χ2n) is 5.00. The van der Waals surface area contributed by atoms with Gasteiger partial charge in [-0.25, -0.2) is 17.6 Å². The number of carbonyl (C=O) groups excluding carboxylic acids is 1. The Morgan fingerprint density at radius 3 is 2.56 bits per heavy atom. The highest BCUT2D eigenvalue weighted by atomic mass is 35.5.